The second kappa shape index (κ2) is 7.48. The number of halogens is 2. The minimum Gasteiger partial charge on any atom is -0.375 e. The quantitative estimate of drug-likeness (QED) is 0.834. The monoisotopic (exact) mass is 366 g/mol. The largest absolute Gasteiger partial charge is 0.375 e. The van der Waals surface area contributed by atoms with Crippen LogP contribution < -0.4 is 10.6 Å². The van der Waals surface area contributed by atoms with E-state index < -0.39 is 0 Å². The van der Waals surface area contributed by atoms with Gasteiger partial charge in [0.25, 0.3) is 0 Å². The SMILES string of the molecule is Cc1cccc(CNC(=O)CNc2ccc(Br)cc2Cl)c1. The van der Waals surface area contributed by atoms with Gasteiger partial charge in [0, 0.05) is 11.0 Å². The highest BCUT2D eigenvalue weighted by atomic mass is 79.9. The molecule has 0 atom stereocenters. The highest BCUT2D eigenvalue weighted by Crippen LogP contribution is 2.25. The number of amides is 1. The van der Waals surface area contributed by atoms with Crippen LogP contribution in [0.1, 0.15) is 11.1 Å². The number of carbonyl (C=O) groups excluding carboxylic acids is 1. The summed E-state index contributed by atoms with van der Waals surface area (Å²) in [5.74, 6) is -0.0736. The summed E-state index contributed by atoms with van der Waals surface area (Å²) < 4.78 is 0.905. The van der Waals surface area contributed by atoms with Crippen LogP contribution in [0.5, 0.6) is 0 Å². The number of aryl methyl sites for hydroxylation is 1. The first-order chi connectivity index (χ1) is 10.0. The van der Waals surface area contributed by atoms with E-state index in [9.17, 15) is 4.79 Å². The van der Waals surface area contributed by atoms with E-state index in [1.54, 1.807) is 6.07 Å². The van der Waals surface area contributed by atoms with Crippen molar-refractivity contribution in [2.75, 3.05) is 11.9 Å². The lowest BCUT2D eigenvalue weighted by Gasteiger charge is -2.10. The van der Waals surface area contributed by atoms with Crippen molar-refractivity contribution in [3.05, 3.63) is 63.1 Å². The van der Waals surface area contributed by atoms with E-state index in [4.69, 9.17) is 11.6 Å². The topological polar surface area (TPSA) is 41.1 Å². The molecule has 2 aromatic carbocycles. The van der Waals surface area contributed by atoms with E-state index in [-0.39, 0.29) is 12.5 Å². The van der Waals surface area contributed by atoms with Crippen molar-refractivity contribution in [1.82, 2.24) is 5.32 Å². The van der Waals surface area contributed by atoms with Crippen molar-refractivity contribution in [2.45, 2.75) is 13.5 Å². The van der Waals surface area contributed by atoms with Gasteiger partial charge in [0.2, 0.25) is 5.91 Å². The van der Waals surface area contributed by atoms with Crippen LogP contribution >= 0.6 is 27.5 Å². The van der Waals surface area contributed by atoms with Gasteiger partial charge in [-0.25, -0.2) is 0 Å². The van der Waals surface area contributed by atoms with Crippen molar-refractivity contribution in [3.8, 4) is 0 Å². The second-order valence-corrected chi connectivity index (χ2v) is 6.07. The van der Waals surface area contributed by atoms with Gasteiger partial charge in [0.1, 0.15) is 0 Å². The summed E-state index contributed by atoms with van der Waals surface area (Å²) >= 11 is 9.42. The van der Waals surface area contributed by atoms with E-state index >= 15 is 0 Å². The Kier molecular flexibility index (Phi) is 5.65. The van der Waals surface area contributed by atoms with E-state index in [2.05, 4.69) is 32.6 Å². The molecule has 0 aromatic heterocycles. The van der Waals surface area contributed by atoms with E-state index in [1.165, 1.54) is 5.56 Å². The standard InChI is InChI=1S/C16H16BrClN2O/c1-11-3-2-4-12(7-11)9-20-16(21)10-19-15-6-5-13(17)8-14(15)18/h2-8,19H,9-10H2,1H3,(H,20,21). The Morgan fingerprint density at radius 1 is 1.24 bits per heavy atom. The Morgan fingerprint density at radius 2 is 2.05 bits per heavy atom. The molecule has 21 heavy (non-hydrogen) atoms. The van der Waals surface area contributed by atoms with Gasteiger partial charge >= 0.3 is 0 Å². The molecule has 3 nitrogen and oxygen atoms in total. The number of hydrogen-bond donors (Lipinski definition) is 2. The minimum absolute atomic E-state index is 0.0736. The molecule has 2 N–H and O–H groups in total. The van der Waals surface area contributed by atoms with Crippen LogP contribution in [-0.4, -0.2) is 12.5 Å². The van der Waals surface area contributed by atoms with Crippen molar-refractivity contribution >= 4 is 39.1 Å². The van der Waals surface area contributed by atoms with Gasteiger partial charge in [-0.15, -0.1) is 0 Å². The zero-order valence-corrected chi connectivity index (χ0v) is 14.0. The van der Waals surface area contributed by atoms with Crippen LogP contribution in [0.4, 0.5) is 5.69 Å². The zero-order valence-electron chi connectivity index (χ0n) is 11.6. The van der Waals surface area contributed by atoms with Gasteiger partial charge in [-0.1, -0.05) is 57.4 Å². The molecule has 0 unspecified atom stereocenters. The number of hydrogen-bond acceptors (Lipinski definition) is 2. The second-order valence-electron chi connectivity index (χ2n) is 4.74. The molecule has 5 heteroatoms. The molecule has 0 fully saturated rings. The van der Waals surface area contributed by atoms with Crippen LogP contribution in [0.2, 0.25) is 5.02 Å². The number of anilines is 1. The van der Waals surface area contributed by atoms with Crippen LogP contribution in [-0.2, 0) is 11.3 Å². The maximum atomic E-state index is 11.8. The van der Waals surface area contributed by atoms with Gasteiger partial charge < -0.3 is 10.6 Å². The fraction of sp³-hybridized carbons (Fsp3) is 0.188. The molecule has 2 aromatic rings. The molecule has 110 valence electrons. The minimum atomic E-state index is -0.0736. The van der Waals surface area contributed by atoms with E-state index in [0.29, 0.717) is 11.6 Å². The van der Waals surface area contributed by atoms with Gasteiger partial charge in [-0.2, -0.15) is 0 Å². The molecule has 0 heterocycles. The number of benzene rings is 2. The van der Waals surface area contributed by atoms with Crippen molar-refractivity contribution < 1.29 is 4.79 Å². The lowest BCUT2D eigenvalue weighted by molar-refractivity contribution is -0.119. The van der Waals surface area contributed by atoms with Crippen LogP contribution in [0.3, 0.4) is 0 Å². The van der Waals surface area contributed by atoms with Gasteiger partial charge in [-0.05, 0) is 30.7 Å². The lowest BCUT2D eigenvalue weighted by atomic mass is 10.1. The van der Waals surface area contributed by atoms with Gasteiger partial charge in [0.05, 0.1) is 17.3 Å². The molecular formula is C16H16BrClN2O. The Labute approximate surface area is 137 Å². The first-order valence-corrected chi connectivity index (χ1v) is 7.73. The average Bonchev–Trinajstić information content (AvgIpc) is 2.44. The van der Waals surface area contributed by atoms with E-state index in [1.807, 2.05) is 37.3 Å². The summed E-state index contributed by atoms with van der Waals surface area (Å²) in [7, 11) is 0. The van der Waals surface area contributed by atoms with Crippen LogP contribution in [0.15, 0.2) is 46.9 Å². The summed E-state index contributed by atoms with van der Waals surface area (Å²) in [6.45, 7) is 2.74. The first-order valence-electron chi connectivity index (χ1n) is 6.56. The summed E-state index contributed by atoms with van der Waals surface area (Å²) in [4.78, 5) is 11.8. The fourth-order valence-corrected chi connectivity index (χ4v) is 2.63. The maximum absolute atomic E-state index is 11.8. The van der Waals surface area contributed by atoms with Gasteiger partial charge in [0.15, 0.2) is 0 Å². The summed E-state index contributed by atoms with van der Waals surface area (Å²) in [5.41, 5.74) is 3.01. The highest BCUT2D eigenvalue weighted by Gasteiger charge is 2.04. The molecule has 0 bridgehead atoms. The predicted molar refractivity (Wildman–Crippen MR) is 90.7 cm³/mol. The molecule has 0 aliphatic carbocycles. The normalized spacial score (nSPS) is 10.2. The number of rotatable bonds is 5. The molecule has 0 aliphatic heterocycles. The third kappa shape index (κ3) is 5.06. The summed E-state index contributed by atoms with van der Waals surface area (Å²) in [5, 5.41) is 6.48. The smallest absolute Gasteiger partial charge is 0.239 e. The third-order valence-corrected chi connectivity index (χ3v) is 3.75. The fourth-order valence-electron chi connectivity index (χ4n) is 1.89. The van der Waals surface area contributed by atoms with Crippen molar-refractivity contribution in [3.63, 3.8) is 0 Å². The van der Waals surface area contributed by atoms with Crippen molar-refractivity contribution in [2.24, 2.45) is 0 Å². The lowest BCUT2D eigenvalue weighted by Crippen LogP contribution is -2.29. The zero-order chi connectivity index (χ0) is 15.2. The molecule has 0 aliphatic rings. The molecule has 1 amide bonds. The molecule has 0 radical (unpaired) electrons. The molecule has 2 rings (SSSR count). The Bertz CT molecular complexity index is 646. The third-order valence-electron chi connectivity index (χ3n) is 2.94. The average molecular weight is 368 g/mol. The molecular weight excluding hydrogens is 352 g/mol. The predicted octanol–water partition coefficient (Wildman–Crippen LogP) is 4.14. The maximum Gasteiger partial charge on any atom is 0.239 e. The highest BCUT2D eigenvalue weighted by molar-refractivity contribution is 9.10. The first kappa shape index (κ1) is 15.9. The molecule has 0 saturated carbocycles. The van der Waals surface area contributed by atoms with E-state index in [0.717, 1.165) is 15.7 Å². The van der Waals surface area contributed by atoms with Gasteiger partial charge in [-0.3, -0.25) is 4.79 Å². The molecule has 0 spiro atoms. The number of carbonyl (C=O) groups is 1. The Hall–Kier alpha value is -1.52. The van der Waals surface area contributed by atoms with Crippen LogP contribution in [0.25, 0.3) is 0 Å². The van der Waals surface area contributed by atoms with Crippen molar-refractivity contribution in [1.29, 1.82) is 0 Å². The summed E-state index contributed by atoms with van der Waals surface area (Å²) in [6, 6.07) is 13.6. The summed E-state index contributed by atoms with van der Waals surface area (Å²) in [6.07, 6.45) is 0. The van der Waals surface area contributed by atoms with Crippen LogP contribution in [0, 0.1) is 6.92 Å². The Morgan fingerprint density at radius 3 is 2.76 bits per heavy atom. The Balaban J connectivity index is 1.82. The molecule has 0 saturated heterocycles. The number of nitrogens with one attached hydrogen (secondary N) is 2.